The number of ether oxygens (including phenoxy) is 1. The molecule has 12 nitrogen and oxygen atoms in total. The van der Waals surface area contributed by atoms with Crippen molar-refractivity contribution in [1.29, 1.82) is 0 Å². The lowest BCUT2D eigenvalue weighted by Gasteiger charge is -2.60. The molecule has 0 radical (unpaired) electrons. The summed E-state index contributed by atoms with van der Waals surface area (Å²) in [5, 5.41) is 12.1. The van der Waals surface area contributed by atoms with E-state index in [4.69, 9.17) is 16.3 Å². The van der Waals surface area contributed by atoms with Crippen molar-refractivity contribution in [2.75, 3.05) is 36.4 Å². The van der Waals surface area contributed by atoms with Gasteiger partial charge in [0, 0.05) is 50.1 Å². The summed E-state index contributed by atoms with van der Waals surface area (Å²) >= 11 is 6.51. The minimum Gasteiger partial charge on any atom is -0.437 e. The van der Waals surface area contributed by atoms with Gasteiger partial charge in [0.05, 0.1) is 17.6 Å². The first-order chi connectivity index (χ1) is 18.5. The van der Waals surface area contributed by atoms with Gasteiger partial charge in [0.2, 0.25) is 11.8 Å². The van der Waals surface area contributed by atoms with Crippen molar-refractivity contribution in [1.82, 2.24) is 39.1 Å². The summed E-state index contributed by atoms with van der Waals surface area (Å²) in [4.78, 5) is 29.0. The molecule has 7 rings (SSSR count). The van der Waals surface area contributed by atoms with Crippen LogP contribution >= 0.6 is 11.6 Å². The first-order valence-corrected chi connectivity index (χ1v) is 12.3. The second-order valence-electron chi connectivity index (χ2n) is 9.52. The molecule has 0 atom stereocenters. The quantitative estimate of drug-likeness (QED) is 0.331. The lowest BCUT2D eigenvalue weighted by Crippen LogP contribution is -2.73. The van der Waals surface area contributed by atoms with E-state index in [1.165, 1.54) is 18.7 Å². The summed E-state index contributed by atoms with van der Waals surface area (Å²) in [5.74, 6) is 1.43. The highest BCUT2D eigenvalue weighted by Crippen LogP contribution is 2.44. The highest BCUT2D eigenvalue weighted by molar-refractivity contribution is 6.32. The number of likely N-dealkylation sites (tertiary alicyclic amines) is 1. The Hall–Kier alpha value is -4.71. The van der Waals surface area contributed by atoms with Crippen LogP contribution in [-0.2, 0) is 4.79 Å². The number of fused-ring (bicyclic) bond motifs is 2. The summed E-state index contributed by atoms with van der Waals surface area (Å²) < 4.78 is 9.29. The van der Waals surface area contributed by atoms with Gasteiger partial charge in [-0.2, -0.15) is 10.2 Å². The van der Waals surface area contributed by atoms with E-state index >= 15 is 0 Å². The molecule has 2 aliphatic rings. The molecule has 38 heavy (non-hydrogen) atoms. The van der Waals surface area contributed by atoms with E-state index < -0.39 is 0 Å². The number of anilines is 3. The van der Waals surface area contributed by atoms with Gasteiger partial charge in [-0.25, -0.2) is 24.0 Å². The van der Waals surface area contributed by atoms with Gasteiger partial charge in [0.15, 0.2) is 11.5 Å². The molecule has 5 aromatic rings. The maximum atomic E-state index is 11.8. The maximum absolute atomic E-state index is 11.8. The van der Waals surface area contributed by atoms with Crippen LogP contribution in [0.4, 0.5) is 17.2 Å². The minimum atomic E-state index is -0.0108. The van der Waals surface area contributed by atoms with Crippen LogP contribution in [-0.4, -0.2) is 71.2 Å². The standard InChI is InChI=1S/C25H21ClN10O2/c1-2-21(37)34-12-25(13-34)10-33(11-25)19-4-6-36-22(19)23(29-15-31-36)32-16-7-18(26)24(27-9-16)38-17-3-5-35-20(8-17)28-14-30-35/h2-9,14-15H,1,10-13H2,(H,29,31,32). The maximum Gasteiger partial charge on any atom is 0.245 e. The van der Waals surface area contributed by atoms with Crippen LogP contribution in [0.5, 0.6) is 11.6 Å². The first-order valence-electron chi connectivity index (χ1n) is 11.9. The number of nitrogens with zero attached hydrogens (tertiary/aromatic N) is 9. The third kappa shape index (κ3) is 3.68. The molecule has 0 unspecified atom stereocenters. The van der Waals surface area contributed by atoms with Crippen molar-refractivity contribution >= 4 is 45.9 Å². The number of hydrogen-bond donors (Lipinski definition) is 1. The van der Waals surface area contributed by atoms with E-state index in [2.05, 4.69) is 41.9 Å². The van der Waals surface area contributed by atoms with E-state index in [0.717, 1.165) is 37.4 Å². The number of aromatic nitrogens is 7. The Morgan fingerprint density at radius 2 is 1.84 bits per heavy atom. The second kappa shape index (κ2) is 8.42. The van der Waals surface area contributed by atoms with Crippen LogP contribution in [0.1, 0.15) is 0 Å². The van der Waals surface area contributed by atoms with Crippen LogP contribution in [0.3, 0.4) is 0 Å². The predicted octanol–water partition coefficient (Wildman–Crippen LogP) is 3.19. The Morgan fingerprint density at radius 3 is 2.66 bits per heavy atom. The molecule has 7 heterocycles. The van der Waals surface area contributed by atoms with Crippen LogP contribution in [0.15, 0.2) is 68.2 Å². The van der Waals surface area contributed by atoms with E-state index in [9.17, 15) is 4.79 Å². The molecule has 13 heteroatoms. The molecule has 1 spiro atoms. The van der Waals surface area contributed by atoms with Gasteiger partial charge in [-0.3, -0.25) is 4.79 Å². The fourth-order valence-electron chi connectivity index (χ4n) is 5.14. The Labute approximate surface area is 221 Å². The zero-order valence-corrected chi connectivity index (χ0v) is 20.8. The lowest BCUT2D eigenvalue weighted by atomic mass is 9.72. The Balaban J connectivity index is 1.09. The van der Waals surface area contributed by atoms with Crippen molar-refractivity contribution < 1.29 is 9.53 Å². The molecule has 0 aliphatic carbocycles. The topological polar surface area (TPSA) is 118 Å². The van der Waals surface area contributed by atoms with Crippen LogP contribution in [0, 0.1) is 5.41 Å². The van der Waals surface area contributed by atoms with E-state index in [1.807, 2.05) is 17.2 Å². The molecule has 2 fully saturated rings. The highest BCUT2D eigenvalue weighted by atomic mass is 35.5. The van der Waals surface area contributed by atoms with Crippen LogP contribution in [0.2, 0.25) is 5.02 Å². The van der Waals surface area contributed by atoms with Crippen LogP contribution in [0.25, 0.3) is 11.2 Å². The van der Waals surface area contributed by atoms with Gasteiger partial charge in [0.25, 0.3) is 0 Å². The third-order valence-corrected chi connectivity index (χ3v) is 7.17. The molecule has 190 valence electrons. The fraction of sp³-hybridized carbons (Fsp3) is 0.200. The minimum absolute atomic E-state index is 0.0108. The number of halogens is 1. The Morgan fingerprint density at radius 1 is 1.05 bits per heavy atom. The number of amides is 1. The number of rotatable bonds is 6. The molecule has 1 amide bonds. The molecule has 2 aliphatic heterocycles. The number of carbonyl (C=O) groups is 1. The average molecular weight is 529 g/mol. The third-order valence-electron chi connectivity index (χ3n) is 6.90. The van der Waals surface area contributed by atoms with Crippen molar-refractivity contribution in [3.05, 3.63) is 73.2 Å². The number of pyridine rings is 2. The lowest BCUT2D eigenvalue weighted by molar-refractivity contribution is -0.139. The normalized spacial score (nSPS) is 15.9. The van der Waals surface area contributed by atoms with Crippen molar-refractivity contribution in [3.8, 4) is 11.6 Å². The second-order valence-corrected chi connectivity index (χ2v) is 9.93. The monoisotopic (exact) mass is 528 g/mol. The predicted molar refractivity (Wildman–Crippen MR) is 140 cm³/mol. The number of carbonyl (C=O) groups excluding carboxylic acids is 1. The Kier molecular flexibility index (Phi) is 4.98. The zero-order valence-electron chi connectivity index (χ0n) is 20.0. The smallest absolute Gasteiger partial charge is 0.245 e. The molecule has 0 aromatic carbocycles. The van der Waals surface area contributed by atoms with Crippen molar-refractivity contribution in [2.24, 2.45) is 5.41 Å². The fourth-order valence-corrected chi connectivity index (χ4v) is 5.35. The average Bonchev–Trinajstić information content (AvgIpc) is 3.51. The SMILES string of the molecule is C=CC(=O)N1CC2(C1)CN(c1ccn3ncnc(Nc4cnc(Oc5ccn6ncnc6c5)c(Cl)c4)c13)C2. The van der Waals surface area contributed by atoms with E-state index in [-0.39, 0.29) is 17.2 Å². The van der Waals surface area contributed by atoms with Gasteiger partial charge in [0.1, 0.15) is 28.9 Å². The van der Waals surface area contributed by atoms with Gasteiger partial charge in [-0.1, -0.05) is 18.2 Å². The van der Waals surface area contributed by atoms with Gasteiger partial charge >= 0.3 is 0 Å². The zero-order chi connectivity index (χ0) is 25.9. The molecule has 0 saturated carbocycles. The number of nitrogens with one attached hydrogen (secondary N) is 1. The molecule has 0 bridgehead atoms. The van der Waals surface area contributed by atoms with Gasteiger partial charge < -0.3 is 19.9 Å². The largest absolute Gasteiger partial charge is 0.437 e. The summed E-state index contributed by atoms with van der Waals surface area (Å²) in [5.41, 5.74) is 3.32. The summed E-state index contributed by atoms with van der Waals surface area (Å²) in [7, 11) is 0. The first kappa shape index (κ1) is 22.5. The molecular formula is C25H21ClN10O2. The summed E-state index contributed by atoms with van der Waals surface area (Å²) in [6.07, 6.45) is 9.63. The van der Waals surface area contributed by atoms with Gasteiger partial charge in [-0.15, -0.1) is 0 Å². The molecule has 5 aromatic heterocycles. The number of hydrogen-bond acceptors (Lipinski definition) is 9. The van der Waals surface area contributed by atoms with Gasteiger partial charge in [-0.05, 0) is 24.3 Å². The highest BCUT2D eigenvalue weighted by Gasteiger charge is 2.53. The molecule has 2 saturated heterocycles. The molecule has 1 N–H and O–H groups in total. The summed E-state index contributed by atoms with van der Waals surface area (Å²) in [6, 6.07) is 7.28. The molecular weight excluding hydrogens is 508 g/mol. The Bertz CT molecular complexity index is 1720. The van der Waals surface area contributed by atoms with Crippen molar-refractivity contribution in [3.63, 3.8) is 0 Å². The van der Waals surface area contributed by atoms with E-state index in [1.54, 1.807) is 39.6 Å². The van der Waals surface area contributed by atoms with Crippen LogP contribution < -0.4 is 15.0 Å². The van der Waals surface area contributed by atoms with Crippen molar-refractivity contribution in [2.45, 2.75) is 0 Å². The summed E-state index contributed by atoms with van der Waals surface area (Å²) in [6.45, 7) is 6.82. The van der Waals surface area contributed by atoms with E-state index in [0.29, 0.717) is 27.9 Å².